The van der Waals surface area contributed by atoms with Gasteiger partial charge in [-0.2, -0.15) is 0 Å². The molecule has 0 aliphatic heterocycles. The first-order valence-electron chi connectivity index (χ1n) is 9.95. The molecule has 0 aromatic carbocycles. The lowest BCUT2D eigenvalue weighted by Gasteiger charge is -2.05. The van der Waals surface area contributed by atoms with Crippen LogP contribution in [-0.2, 0) is 24.8 Å². The van der Waals surface area contributed by atoms with Crippen LogP contribution < -0.4 is 9.44 Å². The van der Waals surface area contributed by atoms with Gasteiger partial charge in [0.15, 0.2) is 0 Å². The van der Waals surface area contributed by atoms with Crippen LogP contribution in [0.1, 0.15) is 30.7 Å². The van der Waals surface area contributed by atoms with E-state index in [1.165, 1.54) is 30.0 Å². The van der Waals surface area contributed by atoms with Gasteiger partial charge in [0, 0.05) is 0 Å². The summed E-state index contributed by atoms with van der Waals surface area (Å²) in [6.45, 7) is 3.27. The van der Waals surface area contributed by atoms with E-state index in [2.05, 4.69) is 56.4 Å². The van der Waals surface area contributed by atoms with Gasteiger partial charge in [0.2, 0.25) is 0 Å². The van der Waals surface area contributed by atoms with E-state index >= 15 is 0 Å². The third-order valence-electron chi connectivity index (χ3n) is 4.44. The van der Waals surface area contributed by atoms with Crippen LogP contribution in [0.15, 0.2) is 50.7 Å². The highest BCUT2D eigenvalue weighted by atomic mass is 79.9. The number of hydrogen-bond donors (Lipinski definition) is 3. The summed E-state index contributed by atoms with van der Waals surface area (Å²) in [5.41, 5.74) is 0.975. The number of methoxy groups -OCH3 is 1. The number of aryl methyl sites for hydroxylation is 2. The lowest BCUT2D eigenvalue weighted by Crippen LogP contribution is -2.15. The normalized spacial score (nSPS) is 11.4. The summed E-state index contributed by atoms with van der Waals surface area (Å²) in [6, 6.07) is 2.53. The largest absolute Gasteiger partial charge is 0.477 e. The summed E-state index contributed by atoms with van der Waals surface area (Å²) in [4.78, 5) is 21.7. The number of carboxylic acid groups (broad SMARTS) is 1. The average Bonchev–Trinajstić information content (AvgIpc) is 3.67. The highest BCUT2D eigenvalue weighted by molar-refractivity contribution is 9.11. The van der Waals surface area contributed by atoms with Crippen molar-refractivity contribution >= 4 is 98.3 Å². The van der Waals surface area contributed by atoms with Gasteiger partial charge < -0.3 is 18.9 Å². The summed E-state index contributed by atoms with van der Waals surface area (Å²) in [5, 5.41) is 19.0. The van der Waals surface area contributed by atoms with Crippen molar-refractivity contribution in [1.82, 2.24) is 10.3 Å². The number of aromatic nitrogens is 2. The number of carboxylic acids is 1. The molecule has 0 unspecified atom stereocenters. The second-order valence-corrected chi connectivity index (χ2v) is 13.8. The second kappa shape index (κ2) is 12.2. The first kappa shape index (κ1) is 30.8. The van der Waals surface area contributed by atoms with Crippen LogP contribution in [0.4, 0.5) is 11.8 Å². The number of nitrogens with zero attached hydrogens (tertiary/aromatic N) is 2. The van der Waals surface area contributed by atoms with Crippen molar-refractivity contribution in [3.8, 4) is 0 Å². The highest BCUT2D eigenvalue weighted by Gasteiger charge is 2.28. The maximum Gasteiger partial charge on any atom is 0.349 e. The third kappa shape index (κ3) is 6.87. The molecule has 4 heterocycles. The molecule has 20 heteroatoms. The maximum absolute atomic E-state index is 12.2. The van der Waals surface area contributed by atoms with E-state index in [9.17, 15) is 26.4 Å². The highest BCUT2D eigenvalue weighted by Crippen LogP contribution is 2.31. The van der Waals surface area contributed by atoms with E-state index in [4.69, 9.17) is 14.2 Å². The predicted octanol–water partition coefficient (Wildman–Crippen LogP) is 4.70. The maximum atomic E-state index is 12.2. The summed E-state index contributed by atoms with van der Waals surface area (Å²) < 4.78 is 68.0. The Morgan fingerprint density at radius 3 is 1.64 bits per heavy atom. The molecule has 0 saturated heterocycles. The minimum absolute atomic E-state index is 0.00707. The Morgan fingerprint density at radius 2 is 1.28 bits per heavy atom. The molecule has 0 bridgehead atoms. The fourth-order valence-electron chi connectivity index (χ4n) is 2.61. The number of thiophene rings is 2. The van der Waals surface area contributed by atoms with Crippen molar-refractivity contribution < 1.29 is 45.3 Å². The third-order valence-corrected chi connectivity index (χ3v) is 11.1. The van der Waals surface area contributed by atoms with Crippen molar-refractivity contribution in [3.63, 3.8) is 0 Å². The number of anilines is 2. The number of carbonyl (C=O) groups is 2. The van der Waals surface area contributed by atoms with Gasteiger partial charge in [-0.3, -0.25) is 0 Å². The molecule has 14 nitrogen and oxygen atoms in total. The van der Waals surface area contributed by atoms with Gasteiger partial charge in [0.25, 0.3) is 31.8 Å². The van der Waals surface area contributed by atoms with Crippen molar-refractivity contribution in [3.05, 3.63) is 53.0 Å². The molecule has 4 aromatic heterocycles. The number of aromatic carboxylic acids is 1. The molecule has 0 atom stereocenters. The molecule has 4 rings (SSSR count). The number of carbonyl (C=O) groups excluding carboxylic acids is 1. The van der Waals surface area contributed by atoms with E-state index in [0.29, 0.717) is 20.3 Å². The molecule has 0 aliphatic rings. The summed E-state index contributed by atoms with van der Waals surface area (Å²) in [5.74, 6) is -2.17. The number of sulfonamides is 2. The smallest absolute Gasteiger partial charge is 0.349 e. The van der Waals surface area contributed by atoms with E-state index in [1.54, 1.807) is 13.8 Å². The molecule has 39 heavy (non-hydrogen) atoms. The Hall–Kier alpha value is -2.78. The van der Waals surface area contributed by atoms with Crippen molar-refractivity contribution in [2.45, 2.75) is 23.6 Å². The first-order valence-corrected chi connectivity index (χ1v) is 16.3. The Kier molecular flexibility index (Phi) is 9.60. The van der Waals surface area contributed by atoms with Crippen molar-refractivity contribution in [1.29, 1.82) is 0 Å². The molecule has 210 valence electrons. The van der Waals surface area contributed by atoms with Crippen LogP contribution in [0.5, 0.6) is 0 Å². The molecule has 3 N–H and O–H groups in total. The van der Waals surface area contributed by atoms with E-state index in [1.807, 2.05) is 0 Å². The van der Waals surface area contributed by atoms with Gasteiger partial charge in [-0.05, 0) is 68.6 Å². The van der Waals surface area contributed by atoms with Gasteiger partial charge in [-0.25, -0.2) is 35.9 Å². The van der Waals surface area contributed by atoms with Gasteiger partial charge in [-0.15, -0.1) is 22.7 Å². The SMILES string of the molecule is COC(=O)c1sccc1S(=O)(=O)Nc1onc(C)c1Br.Cc1noc(NS(=O)(=O)c2ccsc2C(=O)O)c1Br. The van der Waals surface area contributed by atoms with Crippen LogP contribution in [0.25, 0.3) is 0 Å². The van der Waals surface area contributed by atoms with Gasteiger partial charge in [-0.1, -0.05) is 10.3 Å². The monoisotopic (exact) mass is 746 g/mol. The lowest BCUT2D eigenvalue weighted by atomic mass is 10.5. The zero-order valence-corrected chi connectivity index (χ0v) is 26.2. The van der Waals surface area contributed by atoms with Crippen LogP contribution in [0, 0.1) is 13.8 Å². The number of ether oxygens (including phenoxy) is 1. The molecule has 0 aliphatic carbocycles. The minimum atomic E-state index is -4.04. The van der Waals surface area contributed by atoms with Crippen molar-refractivity contribution in [2.24, 2.45) is 0 Å². The fourth-order valence-corrected chi connectivity index (χ4v) is 7.95. The molecule has 0 amide bonds. The van der Waals surface area contributed by atoms with Gasteiger partial charge in [0.1, 0.15) is 28.5 Å². The Bertz CT molecular complexity index is 1740. The van der Waals surface area contributed by atoms with Crippen molar-refractivity contribution in [2.75, 3.05) is 16.6 Å². The Morgan fingerprint density at radius 1 is 0.872 bits per heavy atom. The van der Waals surface area contributed by atoms with Crippen LogP contribution in [0.2, 0.25) is 0 Å². The Balaban J connectivity index is 0.000000216. The predicted molar refractivity (Wildman–Crippen MR) is 146 cm³/mol. The number of esters is 1. The van der Waals surface area contributed by atoms with Crippen LogP contribution in [0.3, 0.4) is 0 Å². The zero-order chi connectivity index (χ0) is 29.1. The minimum Gasteiger partial charge on any atom is -0.477 e. The molecule has 4 aromatic rings. The second-order valence-electron chi connectivity index (χ2n) is 7.06. The van der Waals surface area contributed by atoms with E-state index in [-0.39, 0.29) is 31.3 Å². The number of nitrogens with one attached hydrogen (secondary N) is 2. The molecule has 0 radical (unpaired) electrons. The summed E-state index contributed by atoms with van der Waals surface area (Å²) in [6.07, 6.45) is 0. The van der Waals surface area contributed by atoms with Gasteiger partial charge >= 0.3 is 11.9 Å². The van der Waals surface area contributed by atoms with E-state index in [0.717, 1.165) is 22.7 Å². The molecule has 0 fully saturated rings. The number of halogens is 2. The molecule has 0 saturated carbocycles. The molecular formula is C19H16Br2N4O10S4. The van der Waals surface area contributed by atoms with Crippen LogP contribution >= 0.6 is 54.5 Å². The molecule has 0 spiro atoms. The van der Waals surface area contributed by atoms with Crippen LogP contribution in [-0.4, -0.2) is 51.3 Å². The van der Waals surface area contributed by atoms with Gasteiger partial charge in [0.05, 0.1) is 18.5 Å². The first-order chi connectivity index (χ1) is 18.2. The average molecular weight is 748 g/mol. The quantitative estimate of drug-likeness (QED) is 0.210. The topological polar surface area (TPSA) is 208 Å². The van der Waals surface area contributed by atoms with E-state index < -0.39 is 32.0 Å². The Labute approximate surface area is 245 Å². The number of hydrogen-bond acceptors (Lipinski definition) is 13. The fraction of sp³-hybridized carbons (Fsp3) is 0.158. The molecular weight excluding hydrogens is 732 g/mol. The number of rotatable bonds is 8. The standard InChI is InChI=1S/C10H9BrN2O5S2.C9H7BrN2O5S2/c1-5-7(11)9(18-12-5)13-20(15,16)6-3-4-19-8(6)10(14)17-2;1-4-6(10)8(17-11-4)12-19(15,16)5-2-3-18-7(5)9(13)14/h3-4,13H,1-2H3;2-3,12H,1H3,(H,13,14). The summed E-state index contributed by atoms with van der Waals surface area (Å²) in [7, 11) is -6.83. The zero-order valence-electron chi connectivity index (χ0n) is 19.7. The summed E-state index contributed by atoms with van der Waals surface area (Å²) >= 11 is 8.08. The lowest BCUT2D eigenvalue weighted by molar-refractivity contribution is 0.0601.